The SMILES string of the molecule is CO[C@@H]1O[C@@H](C)[C@H](O)[C@H]2O[C@H](c3c4ccccc4cc4ccccc34)O[C@@H]12. The molecule has 2 saturated heterocycles. The molecule has 0 aromatic heterocycles. The van der Waals surface area contributed by atoms with Gasteiger partial charge in [0.25, 0.3) is 0 Å². The summed E-state index contributed by atoms with van der Waals surface area (Å²) < 4.78 is 23.7. The van der Waals surface area contributed by atoms with E-state index in [2.05, 4.69) is 30.3 Å². The molecule has 0 saturated carbocycles. The fourth-order valence-electron chi connectivity index (χ4n) is 4.23. The molecule has 3 aromatic rings. The number of fused-ring (bicyclic) bond motifs is 3. The molecule has 0 aliphatic carbocycles. The number of ether oxygens (including phenoxy) is 4. The third-order valence-electron chi connectivity index (χ3n) is 5.60. The Morgan fingerprint density at radius 2 is 1.44 bits per heavy atom. The topological polar surface area (TPSA) is 57.2 Å². The van der Waals surface area contributed by atoms with Crippen molar-refractivity contribution in [1.82, 2.24) is 0 Å². The molecule has 6 atom stereocenters. The molecule has 27 heavy (non-hydrogen) atoms. The van der Waals surface area contributed by atoms with Crippen LogP contribution < -0.4 is 0 Å². The Labute approximate surface area is 157 Å². The maximum atomic E-state index is 10.6. The van der Waals surface area contributed by atoms with Crippen molar-refractivity contribution in [3.05, 3.63) is 60.2 Å². The smallest absolute Gasteiger partial charge is 0.186 e. The van der Waals surface area contributed by atoms with E-state index < -0.39 is 30.9 Å². The second-order valence-corrected chi connectivity index (χ2v) is 7.20. The third-order valence-corrected chi connectivity index (χ3v) is 5.60. The van der Waals surface area contributed by atoms with Gasteiger partial charge in [-0.25, -0.2) is 0 Å². The maximum absolute atomic E-state index is 10.6. The van der Waals surface area contributed by atoms with Crippen molar-refractivity contribution in [3.63, 3.8) is 0 Å². The fourth-order valence-corrected chi connectivity index (χ4v) is 4.23. The lowest BCUT2D eigenvalue weighted by Crippen LogP contribution is -2.55. The monoisotopic (exact) mass is 366 g/mol. The summed E-state index contributed by atoms with van der Waals surface area (Å²) in [5, 5.41) is 15.0. The first kappa shape index (κ1) is 17.1. The maximum Gasteiger partial charge on any atom is 0.186 e. The highest BCUT2D eigenvalue weighted by molar-refractivity contribution is 6.02. The van der Waals surface area contributed by atoms with Gasteiger partial charge in [-0.05, 0) is 34.5 Å². The average Bonchev–Trinajstić information content (AvgIpc) is 3.14. The number of hydrogen-bond donors (Lipinski definition) is 1. The van der Waals surface area contributed by atoms with E-state index in [1.807, 2.05) is 31.2 Å². The van der Waals surface area contributed by atoms with Crippen LogP contribution in [0.2, 0.25) is 0 Å². The predicted molar refractivity (Wildman–Crippen MR) is 101 cm³/mol. The molecule has 2 aliphatic heterocycles. The number of rotatable bonds is 2. The van der Waals surface area contributed by atoms with Gasteiger partial charge in [0, 0.05) is 12.7 Å². The van der Waals surface area contributed by atoms with Gasteiger partial charge in [-0.1, -0.05) is 48.5 Å². The van der Waals surface area contributed by atoms with Crippen LogP contribution in [0.4, 0.5) is 0 Å². The molecule has 1 N–H and O–H groups in total. The van der Waals surface area contributed by atoms with Crippen molar-refractivity contribution in [2.75, 3.05) is 7.11 Å². The number of hydrogen-bond acceptors (Lipinski definition) is 5. The van der Waals surface area contributed by atoms with Crippen LogP contribution in [0.3, 0.4) is 0 Å². The van der Waals surface area contributed by atoms with Crippen LogP contribution in [0, 0.1) is 0 Å². The molecular weight excluding hydrogens is 344 g/mol. The first-order chi connectivity index (χ1) is 13.2. The molecule has 0 unspecified atom stereocenters. The summed E-state index contributed by atoms with van der Waals surface area (Å²) in [7, 11) is 1.58. The van der Waals surface area contributed by atoms with Crippen LogP contribution in [-0.2, 0) is 18.9 Å². The van der Waals surface area contributed by atoms with Gasteiger partial charge in [0.15, 0.2) is 12.6 Å². The van der Waals surface area contributed by atoms with E-state index in [-0.39, 0.29) is 6.10 Å². The minimum Gasteiger partial charge on any atom is -0.388 e. The zero-order valence-electron chi connectivity index (χ0n) is 15.2. The molecule has 0 radical (unpaired) electrons. The number of benzene rings is 3. The minimum atomic E-state index is -0.771. The summed E-state index contributed by atoms with van der Waals surface area (Å²) >= 11 is 0. The van der Waals surface area contributed by atoms with Crippen LogP contribution in [0.5, 0.6) is 0 Å². The molecule has 3 aromatic carbocycles. The number of aliphatic hydroxyl groups excluding tert-OH is 1. The second kappa shape index (κ2) is 6.55. The van der Waals surface area contributed by atoms with Crippen molar-refractivity contribution in [1.29, 1.82) is 0 Å². The molecule has 5 rings (SSSR count). The average molecular weight is 366 g/mol. The standard InChI is InChI=1S/C22H22O5/c1-12-18(23)19-20(22(24-2)25-12)27-21(26-19)17-15-9-5-3-7-13(15)11-14-8-4-6-10-16(14)17/h3-12,18-23H,1-2H3/t12-,18-,19+,20+,21-,22+/m0/s1. The van der Waals surface area contributed by atoms with Crippen LogP contribution in [0.15, 0.2) is 54.6 Å². The summed E-state index contributed by atoms with van der Waals surface area (Å²) in [4.78, 5) is 0. The molecule has 5 heteroatoms. The van der Waals surface area contributed by atoms with Gasteiger partial charge in [-0.2, -0.15) is 0 Å². The highest BCUT2D eigenvalue weighted by Gasteiger charge is 2.52. The van der Waals surface area contributed by atoms with Crippen LogP contribution >= 0.6 is 0 Å². The van der Waals surface area contributed by atoms with E-state index in [0.29, 0.717) is 0 Å². The van der Waals surface area contributed by atoms with E-state index in [4.69, 9.17) is 18.9 Å². The van der Waals surface area contributed by atoms with Crippen LogP contribution in [0.25, 0.3) is 21.5 Å². The number of aliphatic hydroxyl groups is 1. The lowest BCUT2D eigenvalue weighted by Gasteiger charge is -2.37. The summed E-state index contributed by atoms with van der Waals surface area (Å²) in [5.41, 5.74) is 0.979. The van der Waals surface area contributed by atoms with Crippen molar-refractivity contribution < 1.29 is 24.1 Å². The third kappa shape index (κ3) is 2.66. The zero-order chi connectivity index (χ0) is 18.5. The van der Waals surface area contributed by atoms with E-state index in [9.17, 15) is 5.11 Å². The fraction of sp³-hybridized carbons (Fsp3) is 0.364. The Morgan fingerprint density at radius 3 is 2.07 bits per heavy atom. The van der Waals surface area contributed by atoms with Crippen LogP contribution in [-0.4, -0.2) is 42.9 Å². The first-order valence-electron chi connectivity index (χ1n) is 9.25. The zero-order valence-corrected chi connectivity index (χ0v) is 15.2. The van der Waals surface area contributed by atoms with Crippen molar-refractivity contribution in [3.8, 4) is 0 Å². The van der Waals surface area contributed by atoms with Crippen molar-refractivity contribution in [2.24, 2.45) is 0 Å². The molecule has 2 heterocycles. The first-order valence-corrected chi connectivity index (χ1v) is 9.25. The molecule has 2 aliphatic rings. The van der Waals surface area contributed by atoms with Crippen molar-refractivity contribution in [2.45, 2.75) is 43.9 Å². The normalized spacial score (nSPS) is 33.4. The summed E-state index contributed by atoms with van der Waals surface area (Å²) in [6.45, 7) is 1.82. The van der Waals surface area contributed by atoms with Gasteiger partial charge in [0.2, 0.25) is 0 Å². The highest BCUT2D eigenvalue weighted by Crippen LogP contribution is 2.43. The summed E-state index contributed by atoms with van der Waals surface area (Å²) in [6, 6.07) is 18.6. The van der Waals surface area contributed by atoms with Gasteiger partial charge in [-0.15, -0.1) is 0 Å². The van der Waals surface area contributed by atoms with E-state index in [1.54, 1.807) is 7.11 Å². The van der Waals surface area contributed by atoms with Gasteiger partial charge in [0.05, 0.1) is 6.10 Å². The quantitative estimate of drug-likeness (QED) is 0.703. The largest absolute Gasteiger partial charge is 0.388 e. The molecule has 140 valence electrons. The Kier molecular flexibility index (Phi) is 4.15. The Morgan fingerprint density at radius 1 is 0.852 bits per heavy atom. The minimum absolute atomic E-state index is 0.386. The Balaban J connectivity index is 1.65. The summed E-state index contributed by atoms with van der Waals surface area (Å²) in [5.74, 6) is 0. The summed E-state index contributed by atoms with van der Waals surface area (Å²) in [6.07, 6.45) is -3.31. The van der Waals surface area contributed by atoms with Gasteiger partial charge in [0.1, 0.15) is 18.3 Å². The molecule has 0 bridgehead atoms. The van der Waals surface area contributed by atoms with Crippen molar-refractivity contribution >= 4 is 21.5 Å². The lowest BCUT2D eigenvalue weighted by atomic mass is 9.96. The number of methoxy groups -OCH3 is 1. The van der Waals surface area contributed by atoms with E-state index in [0.717, 1.165) is 27.1 Å². The Hall–Kier alpha value is -2.02. The Bertz CT molecular complexity index is 927. The van der Waals surface area contributed by atoms with Gasteiger partial charge >= 0.3 is 0 Å². The predicted octanol–water partition coefficient (Wildman–Crippen LogP) is 3.53. The van der Waals surface area contributed by atoms with E-state index in [1.165, 1.54) is 0 Å². The molecule has 2 fully saturated rings. The molecule has 5 nitrogen and oxygen atoms in total. The van der Waals surface area contributed by atoms with Gasteiger partial charge < -0.3 is 24.1 Å². The van der Waals surface area contributed by atoms with Gasteiger partial charge in [-0.3, -0.25) is 0 Å². The molecule has 0 spiro atoms. The highest BCUT2D eigenvalue weighted by atomic mass is 16.8. The lowest BCUT2D eigenvalue weighted by molar-refractivity contribution is -0.261. The van der Waals surface area contributed by atoms with Crippen LogP contribution in [0.1, 0.15) is 18.8 Å². The van der Waals surface area contributed by atoms with E-state index >= 15 is 0 Å². The molecular formula is C22H22O5. The molecule has 0 amide bonds. The second-order valence-electron chi connectivity index (χ2n) is 7.20.